The summed E-state index contributed by atoms with van der Waals surface area (Å²) in [5.41, 5.74) is 1.42. The summed E-state index contributed by atoms with van der Waals surface area (Å²) in [5.74, 6) is 0.365. The fourth-order valence-corrected chi connectivity index (χ4v) is 2.27. The summed E-state index contributed by atoms with van der Waals surface area (Å²) >= 11 is 0. The normalized spacial score (nSPS) is 17.6. The van der Waals surface area contributed by atoms with Crippen molar-refractivity contribution in [2.75, 3.05) is 13.1 Å². The number of carbonyl (C=O) groups excluding carboxylic acids is 1. The van der Waals surface area contributed by atoms with Gasteiger partial charge >= 0.3 is 0 Å². The van der Waals surface area contributed by atoms with Crippen LogP contribution in [0.1, 0.15) is 58.8 Å². The molecule has 0 aromatic carbocycles. The Morgan fingerprint density at radius 1 is 1.19 bits per heavy atom. The van der Waals surface area contributed by atoms with E-state index in [0.717, 1.165) is 38.8 Å². The number of rotatable bonds is 5. The van der Waals surface area contributed by atoms with E-state index in [1.807, 2.05) is 4.90 Å². The molecule has 0 radical (unpaired) electrons. The molecule has 1 heterocycles. The number of nitrogens with zero attached hydrogens (tertiary/aromatic N) is 1. The molecule has 0 N–H and O–H groups in total. The summed E-state index contributed by atoms with van der Waals surface area (Å²) < 4.78 is 0. The lowest BCUT2D eigenvalue weighted by Gasteiger charge is -2.26. The Kier molecular flexibility index (Phi) is 6.20. The Morgan fingerprint density at radius 3 is 2.50 bits per heavy atom. The third-order valence-corrected chi connectivity index (χ3v) is 3.22. The molecular formula is C14H25NO. The van der Waals surface area contributed by atoms with Gasteiger partial charge in [-0.1, -0.05) is 18.6 Å². The highest BCUT2D eigenvalue weighted by Crippen LogP contribution is 2.13. The van der Waals surface area contributed by atoms with E-state index in [1.165, 1.54) is 24.8 Å². The molecule has 0 aromatic rings. The number of hydrogen-bond donors (Lipinski definition) is 0. The Labute approximate surface area is 99.7 Å². The van der Waals surface area contributed by atoms with Crippen molar-refractivity contribution in [1.29, 1.82) is 0 Å². The van der Waals surface area contributed by atoms with E-state index >= 15 is 0 Å². The largest absolute Gasteiger partial charge is 0.343 e. The first-order chi connectivity index (χ1) is 7.74. The molecule has 0 atom stereocenters. The Hall–Kier alpha value is -0.790. The molecule has 0 aliphatic carbocycles. The molecule has 0 unspecified atom stereocenters. The summed E-state index contributed by atoms with van der Waals surface area (Å²) in [6.07, 6.45) is 9.86. The van der Waals surface area contributed by atoms with E-state index in [-0.39, 0.29) is 0 Å². The van der Waals surface area contributed by atoms with Gasteiger partial charge < -0.3 is 4.90 Å². The number of allylic oxidation sites excluding steroid dienone is 2. The molecule has 2 nitrogen and oxygen atoms in total. The van der Waals surface area contributed by atoms with Gasteiger partial charge in [0.05, 0.1) is 0 Å². The van der Waals surface area contributed by atoms with Crippen molar-refractivity contribution in [3.8, 4) is 0 Å². The molecule has 1 aliphatic rings. The van der Waals surface area contributed by atoms with Crippen LogP contribution in [0.4, 0.5) is 0 Å². The van der Waals surface area contributed by atoms with E-state index in [1.54, 1.807) is 0 Å². The lowest BCUT2D eigenvalue weighted by Crippen LogP contribution is -2.35. The maximum Gasteiger partial charge on any atom is 0.222 e. The fraction of sp³-hybridized carbons (Fsp3) is 0.786. The van der Waals surface area contributed by atoms with Crippen LogP contribution < -0.4 is 0 Å². The summed E-state index contributed by atoms with van der Waals surface area (Å²) in [4.78, 5) is 13.9. The number of hydrogen-bond acceptors (Lipinski definition) is 1. The van der Waals surface area contributed by atoms with Gasteiger partial charge in [-0.15, -0.1) is 0 Å². The third-order valence-electron chi connectivity index (χ3n) is 3.22. The van der Waals surface area contributed by atoms with Crippen LogP contribution in [0.3, 0.4) is 0 Å². The molecule has 1 rings (SSSR count). The van der Waals surface area contributed by atoms with E-state index in [2.05, 4.69) is 19.9 Å². The number of piperidine rings is 1. The maximum absolute atomic E-state index is 11.8. The minimum absolute atomic E-state index is 0.365. The van der Waals surface area contributed by atoms with E-state index in [9.17, 15) is 4.79 Å². The zero-order chi connectivity index (χ0) is 11.8. The van der Waals surface area contributed by atoms with Gasteiger partial charge in [-0.05, 0) is 45.4 Å². The molecule has 0 spiro atoms. The lowest BCUT2D eigenvalue weighted by atomic mass is 10.1. The van der Waals surface area contributed by atoms with Crippen LogP contribution in [-0.2, 0) is 4.79 Å². The van der Waals surface area contributed by atoms with Gasteiger partial charge in [-0.3, -0.25) is 4.79 Å². The summed E-state index contributed by atoms with van der Waals surface area (Å²) in [7, 11) is 0. The Balaban J connectivity index is 2.16. The molecule has 0 saturated carbocycles. The van der Waals surface area contributed by atoms with Crippen molar-refractivity contribution in [3.63, 3.8) is 0 Å². The van der Waals surface area contributed by atoms with Gasteiger partial charge in [0, 0.05) is 19.5 Å². The van der Waals surface area contributed by atoms with Crippen LogP contribution in [0.2, 0.25) is 0 Å². The molecule has 1 amide bonds. The van der Waals surface area contributed by atoms with Crippen molar-refractivity contribution in [2.24, 2.45) is 0 Å². The van der Waals surface area contributed by atoms with Crippen molar-refractivity contribution in [3.05, 3.63) is 11.6 Å². The van der Waals surface area contributed by atoms with Crippen molar-refractivity contribution >= 4 is 5.91 Å². The van der Waals surface area contributed by atoms with Gasteiger partial charge in [0.1, 0.15) is 0 Å². The Morgan fingerprint density at radius 2 is 1.88 bits per heavy atom. The number of likely N-dealkylation sites (tertiary alicyclic amines) is 1. The van der Waals surface area contributed by atoms with Crippen LogP contribution in [0, 0.1) is 0 Å². The van der Waals surface area contributed by atoms with Gasteiger partial charge in [-0.25, -0.2) is 0 Å². The third kappa shape index (κ3) is 4.82. The quantitative estimate of drug-likeness (QED) is 0.653. The zero-order valence-corrected chi connectivity index (χ0v) is 10.8. The highest BCUT2D eigenvalue weighted by Gasteiger charge is 2.15. The minimum Gasteiger partial charge on any atom is -0.343 e. The molecule has 0 aromatic heterocycles. The first-order valence-electron chi connectivity index (χ1n) is 6.67. The van der Waals surface area contributed by atoms with Gasteiger partial charge in [0.25, 0.3) is 0 Å². The van der Waals surface area contributed by atoms with E-state index < -0.39 is 0 Å². The monoisotopic (exact) mass is 223 g/mol. The minimum atomic E-state index is 0.365. The molecule has 1 aliphatic heterocycles. The second kappa shape index (κ2) is 7.48. The standard InChI is InChI=1S/C14H25NO/c1-3-8-13(2)9-7-10-14(16)15-11-5-4-6-12-15/h8H,3-7,9-12H2,1-2H3/b13-8-. The summed E-state index contributed by atoms with van der Waals surface area (Å²) in [6, 6.07) is 0. The Bertz CT molecular complexity index is 239. The van der Waals surface area contributed by atoms with Crippen LogP contribution in [0.5, 0.6) is 0 Å². The average molecular weight is 223 g/mol. The maximum atomic E-state index is 11.8. The van der Waals surface area contributed by atoms with Gasteiger partial charge in [-0.2, -0.15) is 0 Å². The van der Waals surface area contributed by atoms with Crippen molar-refractivity contribution < 1.29 is 4.79 Å². The second-order valence-electron chi connectivity index (χ2n) is 4.75. The molecule has 1 saturated heterocycles. The first kappa shape index (κ1) is 13.3. The zero-order valence-electron chi connectivity index (χ0n) is 10.8. The van der Waals surface area contributed by atoms with Crippen LogP contribution in [-0.4, -0.2) is 23.9 Å². The van der Waals surface area contributed by atoms with Crippen molar-refractivity contribution in [2.45, 2.75) is 58.8 Å². The molecule has 92 valence electrons. The van der Waals surface area contributed by atoms with Crippen LogP contribution in [0.25, 0.3) is 0 Å². The lowest BCUT2D eigenvalue weighted by molar-refractivity contribution is -0.132. The van der Waals surface area contributed by atoms with Crippen molar-refractivity contribution in [1.82, 2.24) is 4.90 Å². The smallest absolute Gasteiger partial charge is 0.222 e. The number of carbonyl (C=O) groups is 1. The topological polar surface area (TPSA) is 20.3 Å². The summed E-state index contributed by atoms with van der Waals surface area (Å²) in [5, 5.41) is 0. The predicted octanol–water partition coefficient (Wildman–Crippen LogP) is 3.53. The SMILES string of the molecule is CC/C=C(/C)CCCC(=O)N1CCCCC1. The molecule has 1 fully saturated rings. The van der Waals surface area contributed by atoms with E-state index in [0.29, 0.717) is 5.91 Å². The summed E-state index contributed by atoms with van der Waals surface area (Å²) in [6.45, 7) is 6.29. The van der Waals surface area contributed by atoms with Gasteiger partial charge in [0.15, 0.2) is 0 Å². The molecule has 16 heavy (non-hydrogen) atoms. The van der Waals surface area contributed by atoms with E-state index in [4.69, 9.17) is 0 Å². The van der Waals surface area contributed by atoms with Gasteiger partial charge in [0.2, 0.25) is 5.91 Å². The number of amides is 1. The predicted molar refractivity (Wildman–Crippen MR) is 68.3 cm³/mol. The first-order valence-corrected chi connectivity index (χ1v) is 6.67. The molecular weight excluding hydrogens is 198 g/mol. The van der Waals surface area contributed by atoms with Crippen LogP contribution in [0.15, 0.2) is 11.6 Å². The highest BCUT2D eigenvalue weighted by atomic mass is 16.2. The van der Waals surface area contributed by atoms with Crippen LogP contribution >= 0.6 is 0 Å². The molecule has 2 heteroatoms. The fourth-order valence-electron chi connectivity index (χ4n) is 2.27. The highest BCUT2D eigenvalue weighted by molar-refractivity contribution is 5.76. The second-order valence-corrected chi connectivity index (χ2v) is 4.75. The average Bonchev–Trinajstić information content (AvgIpc) is 2.30. The molecule has 0 bridgehead atoms.